The van der Waals surface area contributed by atoms with E-state index >= 15 is 0 Å². The third-order valence-electron chi connectivity index (χ3n) is 6.08. The minimum atomic E-state index is -0.178. The number of hydrogen-bond donors (Lipinski definition) is 5. The minimum Gasteiger partial charge on any atom is -0.508 e. The molecule has 1 aromatic heterocycles. The zero-order chi connectivity index (χ0) is 30.3. The van der Waals surface area contributed by atoms with Crippen molar-refractivity contribution < 1.29 is 24.2 Å². The van der Waals surface area contributed by atoms with Gasteiger partial charge in [0, 0.05) is 49.1 Å². The third kappa shape index (κ3) is 10.4. The first-order chi connectivity index (χ1) is 21.0. The second-order valence-corrected chi connectivity index (χ2v) is 9.30. The Hall–Kier alpha value is -5.07. The number of benzene rings is 3. The standard InChI is InChI=1S/C31H35N7O5/c1-32-28(41)23-9-11-24(12-10-23)34-30-36-29(37-31(38-30)35-25-13-15-26(39)16-14-25)33-17-19-43-21-20-42-18-5-8-27(40)22-6-3-2-4-7-22/h2-4,6-7,9-16,39H,5,8,17-21H2,1H3,(H,32,41)(H3,33,34,35,36,37,38). The van der Waals surface area contributed by atoms with E-state index in [1.165, 1.54) is 0 Å². The Morgan fingerprint density at radius 3 is 1.91 bits per heavy atom. The maximum absolute atomic E-state index is 12.1. The van der Waals surface area contributed by atoms with Gasteiger partial charge in [0.2, 0.25) is 17.8 Å². The highest BCUT2D eigenvalue weighted by atomic mass is 16.5. The van der Waals surface area contributed by atoms with Crippen molar-refractivity contribution in [2.24, 2.45) is 0 Å². The summed E-state index contributed by atoms with van der Waals surface area (Å²) in [6.45, 7) is 2.17. The minimum absolute atomic E-state index is 0.114. The zero-order valence-electron chi connectivity index (χ0n) is 23.9. The lowest BCUT2D eigenvalue weighted by atomic mass is 10.1. The molecule has 0 bridgehead atoms. The summed E-state index contributed by atoms with van der Waals surface area (Å²) < 4.78 is 11.2. The normalized spacial score (nSPS) is 10.6. The van der Waals surface area contributed by atoms with E-state index in [9.17, 15) is 14.7 Å². The van der Waals surface area contributed by atoms with Crippen molar-refractivity contribution in [2.75, 3.05) is 56.0 Å². The molecule has 0 saturated carbocycles. The van der Waals surface area contributed by atoms with E-state index in [0.717, 1.165) is 5.56 Å². The van der Waals surface area contributed by atoms with Gasteiger partial charge in [-0.1, -0.05) is 30.3 Å². The average molecular weight is 586 g/mol. The molecule has 4 aromatic rings. The molecule has 5 N–H and O–H groups in total. The van der Waals surface area contributed by atoms with Gasteiger partial charge < -0.3 is 35.8 Å². The van der Waals surface area contributed by atoms with E-state index in [1.54, 1.807) is 55.6 Å². The fourth-order valence-electron chi connectivity index (χ4n) is 3.88. The smallest absolute Gasteiger partial charge is 0.251 e. The molecule has 0 radical (unpaired) electrons. The molecule has 1 amide bonds. The van der Waals surface area contributed by atoms with Gasteiger partial charge >= 0.3 is 0 Å². The highest BCUT2D eigenvalue weighted by Gasteiger charge is 2.09. The molecule has 0 fully saturated rings. The number of nitrogens with zero attached hydrogens (tertiary/aromatic N) is 3. The monoisotopic (exact) mass is 585 g/mol. The SMILES string of the molecule is CNC(=O)c1ccc(Nc2nc(NCCOCCOCCCC(=O)c3ccccc3)nc(Nc3ccc(O)cc3)n2)cc1. The lowest BCUT2D eigenvalue weighted by Gasteiger charge is -2.12. The van der Waals surface area contributed by atoms with Crippen LogP contribution in [0.3, 0.4) is 0 Å². The number of phenols is 1. The van der Waals surface area contributed by atoms with E-state index < -0.39 is 0 Å². The summed E-state index contributed by atoms with van der Waals surface area (Å²) in [5.74, 6) is 0.976. The topological polar surface area (TPSA) is 160 Å². The molecule has 0 aliphatic carbocycles. The van der Waals surface area contributed by atoms with Crippen LogP contribution in [0.15, 0.2) is 78.9 Å². The molecule has 0 aliphatic heterocycles. The van der Waals surface area contributed by atoms with Crippen LogP contribution >= 0.6 is 0 Å². The van der Waals surface area contributed by atoms with Crippen LogP contribution in [0.5, 0.6) is 5.75 Å². The Labute approximate surface area is 249 Å². The highest BCUT2D eigenvalue weighted by molar-refractivity contribution is 5.96. The summed E-state index contributed by atoms with van der Waals surface area (Å²) in [4.78, 5) is 37.3. The molecule has 224 valence electrons. The summed E-state index contributed by atoms with van der Waals surface area (Å²) >= 11 is 0. The van der Waals surface area contributed by atoms with Crippen molar-refractivity contribution >= 4 is 40.9 Å². The first kappa shape index (κ1) is 30.9. The Morgan fingerprint density at radius 1 is 0.698 bits per heavy atom. The number of amides is 1. The van der Waals surface area contributed by atoms with Crippen LogP contribution in [0.2, 0.25) is 0 Å². The molecule has 0 aliphatic rings. The predicted octanol–water partition coefficient (Wildman–Crippen LogP) is 4.53. The molecule has 3 aromatic carbocycles. The quantitative estimate of drug-likeness (QED) is 0.0673. The number of Topliss-reactive ketones (excluding diaryl/α,β-unsaturated/α-hetero) is 1. The van der Waals surface area contributed by atoms with Gasteiger partial charge in [0.15, 0.2) is 5.78 Å². The Balaban J connectivity index is 1.23. The van der Waals surface area contributed by atoms with Crippen LogP contribution in [0.25, 0.3) is 0 Å². The van der Waals surface area contributed by atoms with Crippen molar-refractivity contribution in [3.8, 4) is 5.75 Å². The van der Waals surface area contributed by atoms with E-state index in [-0.39, 0.29) is 29.3 Å². The number of nitrogens with one attached hydrogen (secondary N) is 4. The van der Waals surface area contributed by atoms with Crippen LogP contribution in [-0.4, -0.2) is 71.8 Å². The van der Waals surface area contributed by atoms with Crippen molar-refractivity contribution in [2.45, 2.75) is 12.8 Å². The first-order valence-corrected chi connectivity index (χ1v) is 13.9. The number of ether oxygens (including phenoxy) is 2. The maximum atomic E-state index is 12.1. The van der Waals surface area contributed by atoms with Crippen LogP contribution < -0.4 is 21.3 Å². The van der Waals surface area contributed by atoms with Gasteiger partial charge in [-0.3, -0.25) is 9.59 Å². The molecule has 0 unspecified atom stereocenters. The number of aromatic nitrogens is 3. The molecule has 4 rings (SSSR count). The average Bonchev–Trinajstić information content (AvgIpc) is 3.03. The number of rotatable bonds is 17. The summed E-state index contributed by atoms with van der Waals surface area (Å²) in [5, 5.41) is 21.5. The van der Waals surface area contributed by atoms with Gasteiger partial charge in [-0.25, -0.2) is 0 Å². The summed E-state index contributed by atoms with van der Waals surface area (Å²) in [6.07, 6.45) is 1.10. The third-order valence-corrected chi connectivity index (χ3v) is 6.08. The molecular formula is C31H35N7O5. The largest absolute Gasteiger partial charge is 0.508 e. The van der Waals surface area contributed by atoms with Crippen LogP contribution in [0, 0.1) is 0 Å². The number of hydrogen-bond acceptors (Lipinski definition) is 11. The molecule has 1 heterocycles. The van der Waals surface area contributed by atoms with Gasteiger partial charge in [0.1, 0.15) is 5.75 Å². The Bertz CT molecular complexity index is 1450. The van der Waals surface area contributed by atoms with Gasteiger partial charge in [-0.2, -0.15) is 15.0 Å². The van der Waals surface area contributed by atoms with Crippen LogP contribution in [0.4, 0.5) is 29.2 Å². The Morgan fingerprint density at radius 2 is 1.28 bits per heavy atom. The van der Waals surface area contributed by atoms with E-state index in [2.05, 4.69) is 36.2 Å². The van der Waals surface area contributed by atoms with E-state index in [1.807, 2.05) is 30.3 Å². The Kier molecular flexibility index (Phi) is 11.8. The van der Waals surface area contributed by atoms with Crippen LogP contribution in [-0.2, 0) is 9.47 Å². The van der Waals surface area contributed by atoms with Gasteiger partial charge in [0.05, 0.1) is 19.8 Å². The lowest BCUT2D eigenvalue weighted by Crippen LogP contribution is -2.17. The second kappa shape index (κ2) is 16.4. The zero-order valence-corrected chi connectivity index (χ0v) is 23.9. The van der Waals surface area contributed by atoms with Gasteiger partial charge in [-0.05, 0) is 55.0 Å². The number of anilines is 5. The fourth-order valence-corrected chi connectivity index (χ4v) is 3.88. The molecule has 43 heavy (non-hydrogen) atoms. The van der Waals surface area contributed by atoms with E-state index in [4.69, 9.17) is 9.47 Å². The van der Waals surface area contributed by atoms with E-state index in [0.29, 0.717) is 68.7 Å². The lowest BCUT2D eigenvalue weighted by molar-refractivity contribution is 0.0497. The van der Waals surface area contributed by atoms with Crippen molar-refractivity contribution in [3.05, 3.63) is 90.0 Å². The fraction of sp³-hybridized carbons (Fsp3) is 0.258. The van der Waals surface area contributed by atoms with Crippen molar-refractivity contribution in [1.29, 1.82) is 0 Å². The number of phenolic OH excluding ortho intramolecular Hbond substituents is 1. The van der Waals surface area contributed by atoms with Gasteiger partial charge in [0.25, 0.3) is 5.91 Å². The number of carbonyl (C=O) groups is 2. The molecule has 0 spiro atoms. The summed E-state index contributed by atoms with van der Waals surface area (Å²) in [7, 11) is 1.58. The molecular weight excluding hydrogens is 550 g/mol. The van der Waals surface area contributed by atoms with Crippen LogP contribution in [0.1, 0.15) is 33.6 Å². The van der Waals surface area contributed by atoms with Crippen molar-refractivity contribution in [3.63, 3.8) is 0 Å². The summed E-state index contributed by atoms with van der Waals surface area (Å²) in [6, 6.07) is 22.7. The first-order valence-electron chi connectivity index (χ1n) is 13.9. The van der Waals surface area contributed by atoms with Gasteiger partial charge in [-0.15, -0.1) is 0 Å². The molecule has 0 saturated heterocycles. The molecule has 12 heteroatoms. The highest BCUT2D eigenvalue weighted by Crippen LogP contribution is 2.20. The van der Waals surface area contributed by atoms with Crippen molar-refractivity contribution in [1.82, 2.24) is 20.3 Å². The number of aromatic hydroxyl groups is 1. The number of carbonyl (C=O) groups excluding carboxylic acids is 2. The maximum Gasteiger partial charge on any atom is 0.251 e. The number of ketones is 1. The summed E-state index contributed by atoms with van der Waals surface area (Å²) in [5.41, 5.74) is 2.63. The second-order valence-electron chi connectivity index (χ2n) is 9.30. The predicted molar refractivity (Wildman–Crippen MR) is 164 cm³/mol. The molecule has 0 atom stereocenters. The molecule has 12 nitrogen and oxygen atoms in total.